The SMILES string of the molecule is COc1cccc(N2C(=O)CN(C(=O)Cc3ccccc3OC)C[C@@H]2C)c1. The van der Waals surface area contributed by atoms with Crippen LogP contribution in [0.15, 0.2) is 48.5 Å². The highest BCUT2D eigenvalue weighted by Gasteiger charge is 2.33. The number of methoxy groups -OCH3 is 2. The number of rotatable bonds is 5. The van der Waals surface area contributed by atoms with E-state index >= 15 is 0 Å². The molecular weight excluding hydrogens is 344 g/mol. The molecule has 6 nitrogen and oxygen atoms in total. The molecule has 3 rings (SSSR count). The average Bonchev–Trinajstić information content (AvgIpc) is 2.68. The summed E-state index contributed by atoms with van der Waals surface area (Å²) in [6.07, 6.45) is 0.211. The summed E-state index contributed by atoms with van der Waals surface area (Å²) in [6, 6.07) is 14.7. The Morgan fingerprint density at radius 1 is 1.11 bits per heavy atom. The van der Waals surface area contributed by atoms with Gasteiger partial charge in [0.2, 0.25) is 11.8 Å². The van der Waals surface area contributed by atoms with Crippen molar-refractivity contribution >= 4 is 17.5 Å². The molecule has 0 radical (unpaired) electrons. The molecule has 1 aliphatic rings. The van der Waals surface area contributed by atoms with Crippen LogP contribution in [0.4, 0.5) is 5.69 Å². The van der Waals surface area contributed by atoms with Crippen LogP contribution in [0.1, 0.15) is 12.5 Å². The summed E-state index contributed by atoms with van der Waals surface area (Å²) in [5.41, 5.74) is 1.60. The fraction of sp³-hybridized carbons (Fsp3) is 0.333. The van der Waals surface area contributed by atoms with Crippen LogP contribution in [0.3, 0.4) is 0 Å². The second-order valence-electron chi connectivity index (χ2n) is 6.58. The van der Waals surface area contributed by atoms with E-state index in [4.69, 9.17) is 9.47 Å². The van der Waals surface area contributed by atoms with Gasteiger partial charge in [0, 0.05) is 23.9 Å². The third-order valence-electron chi connectivity index (χ3n) is 4.74. The van der Waals surface area contributed by atoms with Gasteiger partial charge in [0.25, 0.3) is 0 Å². The van der Waals surface area contributed by atoms with E-state index < -0.39 is 0 Å². The standard InChI is InChI=1S/C21H24N2O4/c1-15-13-22(20(24)11-16-7-4-5-10-19(16)27-3)14-21(25)23(15)17-8-6-9-18(12-17)26-2/h4-10,12,15H,11,13-14H2,1-3H3/t15-/m0/s1. The van der Waals surface area contributed by atoms with Gasteiger partial charge in [-0.2, -0.15) is 0 Å². The topological polar surface area (TPSA) is 59.1 Å². The van der Waals surface area contributed by atoms with E-state index in [1.165, 1.54) is 0 Å². The van der Waals surface area contributed by atoms with Crippen molar-refractivity contribution in [1.82, 2.24) is 4.90 Å². The van der Waals surface area contributed by atoms with Crippen LogP contribution in [0, 0.1) is 0 Å². The summed E-state index contributed by atoms with van der Waals surface area (Å²) < 4.78 is 10.6. The van der Waals surface area contributed by atoms with E-state index in [9.17, 15) is 9.59 Å². The Morgan fingerprint density at radius 3 is 2.59 bits per heavy atom. The predicted molar refractivity (Wildman–Crippen MR) is 103 cm³/mol. The molecule has 1 saturated heterocycles. The minimum Gasteiger partial charge on any atom is -0.497 e. The van der Waals surface area contributed by atoms with Crippen molar-refractivity contribution in [2.75, 3.05) is 32.2 Å². The molecule has 1 heterocycles. The van der Waals surface area contributed by atoms with E-state index in [1.807, 2.05) is 55.5 Å². The van der Waals surface area contributed by atoms with Crippen LogP contribution in [-0.2, 0) is 16.0 Å². The molecule has 0 unspecified atom stereocenters. The smallest absolute Gasteiger partial charge is 0.246 e. The lowest BCUT2D eigenvalue weighted by molar-refractivity contribution is -0.137. The first-order valence-corrected chi connectivity index (χ1v) is 8.89. The summed E-state index contributed by atoms with van der Waals surface area (Å²) in [5.74, 6) is 1.20. The van der Waals surface area contributed by atoms with Crippen molar-refractivity contribution in [1.29, 1.82) is 0 Å². The maximum atomic E-state index is 12.8. The van der Waals surface area contributed by atoms with Crippen LogP contribution < -0.4 is 14.4 Å². The maximum absolute atomic E-state index is 12.8. The molecule has 0 N–H and O–H groups in total. The highest BCUT2D eigenvalue weighted by Crippen LogP contribution is 2.26. The molecule has 2 aromatic carbocycles. The molecule has 1 fully saturated rings. The molecule has 0 saturated carbocycles. The molecule has 0 aromatic heterocycles. The van der Waals surface area contributed by atoms with Crippen LogP contribution in [0.25, 0.3) is 0 Å². The molecule has 1 atom stereocenters. The highest BCUT2D eigenvalue weighted by atomic mass is 16.5. The Bertz CT molecular complexity index is 836. The van der Waals surface area contributed by atoms with Gasteiger partial charge in [-0.3, -0.25) is 9.59 Å². The van der Waals surface area contributed by atoms with Gasteiger partial charge in [0.05, 0.1) is 26.7 Å². The number of nitrogens with zero attached hydrogens (tertiary/aromatic N) is 2. The van der Waals surface area contributed by atoms with Gasteiger partial charge in [0.15, 0.2) is 0 Å². The Morgan fingerprint density at radius 2 is 1.89 bits per heavy atom. The van der Waals surface area contributed by atoms with Crippen molar-refractivity contribution in [2.45, 2.75) is 19.4 Å². The second-order valence-corrected chi connectivity index (χ2v) is 6.58. The van der Waals surface area contributed by atoms with E-state index in [1.54, 1.807) is 24.0 Å². The number of carbonyl (C=O) groups is 2. The van der Waals surface area contributed by atoms with Gasteiger partial charge in [-0.05, 0) is 25.1 Å². The first-order chi connectivity index (χ1) is 13.0. The first-order valence-electron chi connectivity index (χ1n) is 8.89. The number of benzene rings is 2. The van der Waals surface area contributed by atoms with Gasteiger partial charge in [-0.25, -0.2) is 0 Å². The number of hydrogen-bond donors (Lipinski definition) is 0. The van der Waals surface area contributed by atoms with Crippen LogP contribution in [0.2, 0.25) is 0 Å². The van der Waals surface area contributed by atoms with Gasteiger partial charge in [0.1, 0.15) is 18.0 Å². The molecular formula is C21H24N2O4. The number of para-hydroxylation sites is 1. The zero-order valence-electron chi connectivity index (χ0n) is 15.8. The summed E-state index contributed by atoms with van der Waals surface area (Å²) in [5, 5.41) is 0. The summed E-state index contributed by atoms with van der Waals surface area (Å²) in [4.78, 5) is 28.9. The highest BCUT2D eigenvalue weighted by molar-refractivity contribution is 5.99. The molecule has 0 bridgehead atoms. The molecule has 6 heteroatoms. The molecule has 2 amide bonds. The van der Waals surface area contributed by atoms with Gasteiger partial charge in [-0.15, -0.1) is 0 Å². The quantitative estimate of drug-likeness (QED) is 0.814. The molecule has 2 aromatic rings. The fourth-order valence-electron chi connectivity index (χ4n) is 3.42. The van der Waals surface area contributed by atoms with Crippen molar-refractivity contribution < 1.29 is 19.1 Å². The van der Waals surface area contributed by atoms with Crippen LogP contribution in [0.5, 0.6) is 11.5 Å². The van der Waals surface area contributed by atoms with Crippen molar-refractivity contribution in [2.24, 2.45) is 0 Å². The number of hydrogen-bond acceptors (Lipinski definition) is 4. The minimum atomic E-state index is -0.125. The Kier molecular flexibility index (Phi) is 5.64. The lowest BCUT2D eigenvalue weighted by Gasteiger charge is -2.39. The number of amides is 2. The molecule has 1 aliphatic heterocycles. The number of carbonyl (C=O) groups excluding carboxylic acids is 2. The summed E-state index contributed by atoms with van der Waals surface area (Å²) in [6.45, 7) is 2.49. The van der Waals surface area contributed by atoms with Crippen molar-refractivity contribution in [3.05, 3.63) is 54.1 Å². The summed E-state index contributed by atoms with van der Waals surface area (Å²) in [7, 11) is 3.18. The lowest BCUT2D eigenvalue weighted by atomic mass is 10.1. The Labute approximate surface area is 159 Å². The largest absolute Gasteiger partial charge is 0.497 e. The third-order valence-corrected chi connectivity index (χ3v) is 4.74. The first kappa shape index (κ1) is 18.8. The maximum Gasteiger partial charge on any atom is 0.246 e. The third kappa shape index (κ3) is 4.05. The number of anilines is 1. The zero-order valence-corrected chi connectivity index (χ0v) is 15.8. The Balaban J connectivity index is 1.72. The van der Waals surface area contributed by atoms with Gasteiger partial charge < -0.3 is 19.3 Å². The molecule has 0 spiro atoms. The molecule has 0 aliphatic carbocycles. The molecule has 27 heavy (non-hydrogen) atoms. The number of piperazine rings is 1. The normalized spacial score (nSPS) is 17.0. The number of ether oxygens (including phenoxy) is 2. The van der Waals surface area contributed by atoms with E-state index in [-0.39, 0.29) is 30.8 Å². The van der Waals surface area contributed by atoms with E-state index in [0.717, 1.165) is 11.3 Å². The lowest BCUT2D eigenvalue weighted by Crippen LogP contribution is -2.57. The summed E-state index contributed by atoms with van der Waals surface area (Å²) >= 11 is 0. The Hall–Kier alpha value is -3.02. The van der Waals surface area contributed by atoms with Crippen molar-refractivity contribution in [3.63, 3.8) is 0 Å². The average molecular weight is 368 g/mol. The monoisotopic (exact) mass is 368 g/mol. The van der Waals surface area contributed by atoms with Crippen LogP contribution >= 0.6 is 0 Å². The van der Waals surface area contributed by atoms with Gasteiger partial charge in [-0.1, -0.05) is 24.3 Å². The van der Waals surface area contributed by atoms with E-state index in [2.05, 4.69) is 0 Å². The van der Waals surface area contributed by atoms with Crippen molar-refractivity contribution in [3.8, 4) is 11.5 Å². The molecule has 142 valence electrons. The minimum absolute atomic E-state index is 0.0650. The zero-order chi connectivity index (χ0) is 19.4. The fourth-order valence-corrected chi connectivity index (χ4v) is 3.42. The van der Waals surface area contributed by atoms with E-state index in [0.29, 0.717) is 18.0 Å². The van der Waals surface area contributed by atoms with Gasteiger partial charge >= 0.3 is 0 Å². The predicted octanol–water partition coefficient (Wildman–Crippen LogP) is 2.51. The van der Waals surface area contributed by atoms with Crippen LogP contribution in [-0.4, -0.2) is 50.1 Å². The second kappa shape index (κ2) is 8.12.